The normalized spacial score (nSPS) is 28.8. The summed E-state index contributed by atoms with van der Waals surface area (Å²) in [7, 11) is 0. The molecule has 2 saturated heterocycles. The smallest absolute Gasteiger partial charge is 0.139 e. The van der Waals surface area contributed by atoms with Crippen LogP contribution in [-0.4, -0.2) is 33.1 Å². The van der Waals surface area contributed by atoms with Gasteiger partial charge in [0.05, 0.1) is 23.8 Å². The Labute approximate surface area is 161 Å². The second kappa shape index (κ2) is 5.91. The van der Waals surface area contributed by atoms with Crippen molar-refractivity contribution in [3.05, 3.63) is 46.8 Å². The Morgan fingerprint density at radius 2 is 2.14 bits per heavy atom. The molecule has 7 rings (SSSR count). The zero-order valence-electron chi connectivity index (χ0n) is 15.1. The van der Waals surface area contributed by atoms with Crippen LogP contribution in [0, 0.1) is 23.2 Å². The van der Waals surface area contributed by atoms with Gasteiger partial charge < -0.3 is 10.6 Å². The van der Waals surface area contributed by atoms with E-state index in [1.54, 1.807) is 6.20 Å². The summed E-state index contributed by atoms with van der Waals surface area (Å²) < 4.78 is 4.97. The van der Waals surface area contributed by atoms with Crippen molar-refractivity contribution in [2.24, 2.45) is 11.8 Å². The molecule has 1 aromatic carbocycles. The highest BCUT2D eigenvalue weighted by Crippen LogP contribution is 2.47. The zero-order chi connectivity index (χ0) is 18.7. The number of nitrogens with one attached hydrogen (secondary N) is 3. The molecule has 3 aliphatic heterocycles. The lowest BCUT2D eigenvalue weighted by molar-refractivity contribution is 0.160. The summed E-state index contributed by atoms with van der Waals surface area (Å²) in [5.74, 6) is 1.59. The van der Waals surface area contributed by atoms with Crippen LogP contribution in [-0.2, 0) is 0 Å². The third-order valence-corrected chi connectivity index (χ3v) is 6.57. The predicted molar refractivity (Wildman–Crippen MR) is 101 cm³/mol. The Balaban J connectivity index is 1.55. The van der Waals surface area contributed by atoms with E-state index in [1.165, 1.54) is 6.42 Å². The molecule has 3 aromatic rings. The van der Waals surface area contributed by atoms with E-state index in [0.717, 1.165) is 47.6 Å². The molecule has 140 valence electrons. The first-order valence-corrected chi connectivity index (χ1v) is 9.72. The van der Waals surface area contributed by atoms with Crippen LogP contribution >= 0.6 is 0 Å². The molecule has 1 saturated carbocycles. The van der Waals surface area contributed by atoms with E-state index < -0.39 is 0 Å². The third kappa shape index (κ3) is 2.17. The first-order chi connectivity index (χ1) is 13.8. The summed E-state index contributed by atoms with van der Waals surface area (Å²) in [4.78, 5) is 0. The Bertz CT molecular complexity index is 1130. The molecule has 4 aliphatic rings. The largest absolute Gasteiger partial charge is 0.343 e. The number of aromatic nitrogens is 4. The summed E-state index contributed by atoms with van der Waals surface area (Å²) in [5, 5.41) is 32.8. The summed E-state index contributed by atoms with van der Waals surface area (Å²) in [6, 6.07) is 8.72. The lowest BCUT2D eigenvalue weighted by atomic mass is 9.70. The van der Waals surface area contributed by atoms with Gasteiger partial charge in [0, 0.05) is 23.2 Å². The summed E-state index contributed by atoms with van der Waals surface area (Å²) in [5.41, 5.74) is 5.01. The van der Waals surface area contributed by atoms with Crippen molar-refractivity contribution >= 4 is 16.9 Å². The Kier molecular flexibility index (Phi) is 3.34. The van der Waals surface area contributed by atoms with E-state index in [0.29, 0.717) is 28.9 Å². The van der Waals surface area contributed by atoms with Gasteiger partial charge >= 0.3 is 0 Å². The van der Waals surface area contributed by atoms with Gasteiger partial charge in [0.2, 0.25) is 0 Å². The Morgan fingerprint density at radius 1 is 1.18 bits per heavy atom. The molecule has 2 aromatic heterocycles. The van der Waals surface area contributed by atoms with Crippen LogP contribution < -0.4 is 10.6 Å². The first-order valence-electron chi connectivity index (χ1n) is 9.72. The van der Waals surface area contributed by atoms with Crippen LogP contribution in [0.5, 0.6) is 0 Å². The van der Waals surface area contributed by atoms with Crippen molar-refractivity contribution in [1.29, 1.82) is 5.26 Å². The maximum Gasteiger partial charge on any atom is 0.139 e. The number of nitriles is 1. The predicted octanol–water partition coefficient (Wildman–Crippen LogP) is 2.67. The number of anilines is 1. The van der Waals surface area contributed by atoms with Crippen LogP contribution in [0.15, 0.2) is 40.3 Å². The van der Waals surface area contributed by atoms with E-state index in [4.69, 9.17) is 4.63 Å². The fourth-order valence-corrected chi connectivity index (χ4v) is 5.25. The second-order valence-corrected chi connectivity index (χ2v) is 7.98. The van der Waals surface area contributed by atoms with Gasteiger partial charge in [-0.15, -0.1) is 0 Å². The molecule has 3 N–H and O–H groups in total. The van der Waals surface area contributed by atoms with E-state index >= 15 is 0 Å². The zero-order valence-corrected chi connectivity index (χ0v) is 15.1. The molecule has 1 aliphatic carbocycles. The molecule has 3 fully saturated rings. The molecular formula is C20H19N7O. The van der Waals surface area contributed by atoms with Gasteiger partial charge in [0.15, 0.2) is 0 Å². The van der Waals surface area contributed by atoms with Crippen LogP contribution in [0.4, 0.5) is 5.82 Å². The molecule has 0 amide bonds. The fourth-order valence-electron chi connectivity index (χ4n) is 5.25. The number of hydrogen-bond donors (Lipinski definition) is 3. The maximum atomic E-state index is 10.2. The van der Waals surface area contributed by atoms with Crippen molar-refractivity contribution in [2.45, 2.75) is 31.2 Å². The van der Waals surface area contributed by atoms with Crippen LogP contribution in [0.2, 0.25) is 0 Å². The van der Waals surface area contributed by atoms with Gasteiger partial charge in [-0.25, -0.2) is 4.63 Å². The molecule has 28 heavy (non-hydrogen) atoms. The maximum absolute atomic E-state index is 10.2. The van der Waals surface area contributed by atoms with Gasteiger partial charge in [-0.2, -0.15) is 10.4 Å². The van der Waals surface area contributed by atoms with Crippen LogP contribution in [0.1, 0.15) is 36.3 Å². The molecule has 8 nitrogen and oxygen atoms in total. The second-order valence-electron chi connectivity index (χ2n) is 7.98. The number of allylic oxidation sites excluding steroid dienone is 1. The molecule has 8 heteroatoms. The summed E-state index contributed by atoms with van der Waals surface area (Å²) in [6.45, 7) is 1.08. The number of rotatable bonds is 2. The van der Waals surface area contributed by atoms with Gasteiger partial charge in [-0.1, -0.05) is 12.1 Å². The van der Waals surface area contributed by atoms with Gasteiger partial charge in [-0.3, -0.25) is 5.10 Å². The SMILES string of the molecule is N#CC1=C([C@H]2C[C@H]3CC[C@@H]2NC3)Nc2[nH]ncc2C1c1cccc2nonc12. The standard InChI is InChI=1S/C20H19N7O/c21-7-13-17(11-2-1-3-16-19(11)27-28-26-16)14-9-23-25-20(14)24-18(13)12-6-10-4-5-15(12)22-8-10/h1-3,9-10,12,15,17,22H,4-6,8H2,(H2,23,24,25)/t10-,12+,15+,17?/m1/s1. The van der Waals surface area contributed by atoms with E-state index in [2.05, 4.69) is 37.2 Å². The van der Waals surface area contributed by atoms with Crippen LogP contribution in [0.25, 0.3) is 11.0 Å². The Hall–Kier alpha value is -3.18. The highest BCUT2D eigenvalue weighted by Gasteiger charge is 2.42. The highest BCUT2D eigenvalue weighted by atomic mass is 16.6. The van der Waals surface area contributed by atoms with Gasteiger partial charge in [0.25, 0.3) is 0 Å². The minimum atomic E-state index is -0.244. The van der Waals surface area contributed by atoms with Crippen molar-refractivity contribution in [3.8, 4) is 6.07 Å². The molecule has 5 heterocycles. The van der Waals surface area contributed by atoms with E-state index in [-0.39, 0.29) is 5.92 Å². The third-order valence-electron chi connectivity index (χ3n) is 6.57. The molecule has 4 atom stereocenters. The number of benzene rings is 1. The highest BCUT2D eigenvalue weighted by molar-refractivity contribution is 5.80. The minimum absolute atomic E-state index is 0.244. The van der Waals surface area contributed by atoms with Gasteiger partial charge in [-0.05, 0) is 53.7 Å². The minimum Gasteiger partial charge on any atom is -0.343 e. The number of piperidine rings is 2. The summed E-state index contributed by atoms with van der Waals surface area (Å²) in [6.07, 6.45) is 5.32. The summed E-state index contributed by atoms with van der Waals surface area (Å²) >= 11 is 0. The van der Waals surface area contributed by atoms with Crippen molar-refractivity contribution in [3.63, 3.8) is 0 Å². The van der Waals surface area contributed by atoms with Crippen molar-refractivity contribution in [2.75, 3.05) is 11.9 Å². The lowest BCUT2D eigenvalue weighted by Crippen LogP contribution is -2.52. The average Bonchev–Trinajstić information content (AvgIpc) is 3.42. The number of nitrogens with zero attached hydrogens (tertiary/aromatic N) is 4. The number of aromatic amines is 1. The molecule has 2 bridgehead atoms. The lowest BCUT2D eigenvalue weighted by Gasteiger charge is -2.45. The molecule has 1 unspecified atom stereocenters. The molecule has 0 radical (unpaired) electrons. The number of hydrogen-bond acceptors (Lipinski definition) is 7. The first kappa shape index (κ1) is 15.8. The fraction of sp³-hybridized carbons (Fsp3) is 0.400. The van der Waals surface area contributed by atoms with Crippen LogP contribution in [0.3, 0.4) is 0 Å². The van der Waals surface area contributed by atoms with Gasteiger partial charge in [0.1, 0.15) is 16.9 Å². The Morgan fingerprint density at radius 3 is 2.93 bits per heavy atom. The van der Waals surface area contributed by atoms with E-state index in [1.807, 2.05) is 18.2 Å². The topological polar surface area (TPSA) is 115 Å². The van der Waals surface area contributed by atoms with Crippen molar-refractivity contribution < 1.29 is 4.63 Å². The molecule has 0 spiro atoms. The molecular weight excluding hydrogens is 354 g/mol. The monoisotopic (exact) mass is 373 g/mol. The number of H-pyrrole nitrogens is 1. The number of fused-ring (bicyclic) bond motifs is 5. The van der Waals surface area contributed by atoms with E-state index in [9.17, 15) is 5.26 Å². The van der Waals surface area contributed by atoms with Crippen molar-refractivity contribution in [1.82, 2.24) is 25.8 Å². The average molecular weight is 373 g/mol. The quantitative estimate of drug-likeness (QED) is 0.632.